The summed E-state index contributed by atoms with van der Waals surface area (Å²) in [5, 5.41) is 0. The second-order valence-electron chi connectivity index (χ2n) is 6.25. The van der Waals surface area contributed by atoms with Crippen LogP contribution in [-0.4, -0.2) is 4.83 Å². The van der Waals surface area contributed by atoms with Crippen LogP contribution in [0.2, 0.25) is 0 Å². The van der Waals surface area contributed by atoms with Crippen molar-refractivity contribution in [3.05, 3.63) is 23.3 Å². The highest BCUT2D eigenvalue weighted by atomic mass is 79.9. The van der Waals surface area contributed by atoms with E-state index in [2.05, 4.69) is 55.8 Å². The molecule has 0 aliphatic heterocycles. The van der Waals surface area contributed by atoms with Crippen molar-refractivity contribution < 1.29 is 0 Å². The Hall–Kier alpha value is -0.0400. The van der Waals surface area contributed by atoms with Gasteiger partial charge in [-0.15, -0.1) is 0 Å². The molecule has 0 aromatic rings. The molecule has 90 valence electrons. The Kier molecular flexibility index (Phi) is 3.11. The molecule has 2 unspecified atom stereocenters. The van der Waals surface area contributed by atoms with E-state index in [1.165, 1.54) is 24.8 Å². The maximum absolute atomic E-state index is 3.87. The van der Waals surface area contributed by atoms with Crippen LogP contribution in [0, 0.1) is 10.8 Å². The number of halogens is 1. The van der Waals surface area contributed by atoms with Crippen molar-refractivity contribution in [2.75, 3.05) is 0 Å². The second-order valence-corrected chi connectivity index (χ2v) is 7.35. The van der Waals surface area contributed by atoms with Crippen LogP contribution in [0.1, 0.15) is 53.4 Å². The van der Waals surface area contributed by atoms with Crippen molar-refractivity contribution in [2.45, 2.75) is 58.2 Å². The lowest BCUT2D eigenvalue weighted by molar-refractivity contribution is 0.180. The van der Waals surface area contributed by atoms with Gasteiger partial charge in [0.2, 0.25) is 0 Å². The van der Waals surface area contributed by atoms with Crippen LogP contribution in [0.25, 0.3) is 0 Å². The van der Waals surface area contributed by atoms with E-state index in [-0.39, 0.29) is 0 Å². The van der Waals surface area contributed by atoms with Crippen LogP contribution in [0.15, 0.2) is 23.3 Å². The summed E-state index contributed by atoms with van der Waals surface area (Å²) in [4.78, 5) is 0.665. The van der Waals surface area contributed by atoms with Crippen LogP contribution in [-0.2, 0) is 0 Å². The topological polar surface area (TPSA) is 0 Å². The average molecular weight is 283 g/mol. The quantitative estimate of drug-likeness (QED) is 0.456. The van der Waals surface area contributed by atoms with Gasteiger partial charge < -0.3 is 0 Å². The van der Waals surface area contributed by atoms with Crippen molar-refractivity contribution in [1.29, 1.82) is 0 Å². The fourth-order valence-corrected chi connectivity index (χ4v) is 3.94. The lowest BCUT2D eigenvalue weighted by atomic mass is 9.63. The molecule has 2 aliphatic rings. The van der Waals surface area contributed by atoms with Crippen LogP contribution in [0.4, 0.5) is 0 Å². The van der Waals surface area contributed by atoms with Gasteiger partial charge in [0, 0.05) is 4.83 Å². The van der Waals surface area contributed by atoms with Gasteiger partial charge in [-0.3, -0.25) is 0 Å². The molecular weight excluding hydrogens is 260 g/mol. The molecule has 0 radical (unpaired) electrons. The van der Waals surface area contributed by atoms with Gasteiger partial charge in [-0.2, -0.15) is 0 Å². The van der Waals surface area contributed by atoms with E-state index >= 15 is 0 Å². The minimum atomic E-state index is 0.373. The normalized spacial score (nSPS) is 38.2. The summed E-state index contributed by atoms with van der Waals surface area (Å²) in [5.74, 6) is 0. The van der Waals surface area contributed by atoms with Gasteiger partial charge in [-0.1, -0.05) is 60.0 Å². The number of hydrogen-bond donors (Lipinski definition) is 0. The third kappa shape index (κ3) is 1.72. The number of rotatable bonds is 1. The molecular formula is C15H23Br. The standard InChI is InChI=1S/C15H23Br/c1-11-5-7-12(8-6-11)15(4)10-9-13(16)14(15,2)3/h5,8,13H,6-7,9-10H2,1-4H3. The molecule has 1 heteroatoms. The lowest BCUT2D eigenvalue weighted by Crippen LogP contribution is -2.36. The zero-order valence-corrected chi connectivity index (χ0v) is 12.5. The third-order valence-electron chi connectivity index (χ3n) is 5.15. The third-order valence-corrected chi connectivity index (χ3v) is 6.76. The van der Waals surface area contributed by atoms with Crippen LogP contribution in [0.5, 0.6) is 0 Å². The number of hydrogen-bond acceptors (Lipinski definition) is 0. The summed E-state index contributed by atoms with van der Waals surface area (Å²) in [7, 11) is 0. The van der Waals surface area contributed by atoms with Gasteiger partial charge >= 0.3 is 0 Å². The lowest BCUT2D eigenvalue weighted by Gasteiger charge is -2.43. The fourth-order valence-electron chi connectivity index (χ4n) is 3.20. The first-order valence-electron chi connectivity index (χ1n) is 6.37. The number of allylic oxidation sites excluding steroid dienone is 4. The highest BCUT2D eigenvalue weighted by Gasteiger charge is 2.51. The Labute approximate surface area is 108 Å². The Morgan fingerprint density at radius 3 is 2.31 bits per heavy atom. The maximum atomic E-state index is 3.87. The Bertz CT molecular complexity index is 348. The molecule has 0 aromatic heterocycles. The minimum absolute atomic E-state index is 0.373. The zero-order valence-electron chi connectivity index (χ0n) is 10.9. The summed E-state index contributed by atoms with van der Waals surface area (Å²) >= 11 is 3.87. The second kappa shape index (κ2) is 4.01. The highest BCUT2D eigenvalue weighted by molar-refractivity contribution is 9.09. The van der Waals surface area contributed by atoms with Crippen molar-refractivity contribution >= 4 is 15.9 Å². The predicted octanol–water partition coefficient (Wildman–Crippen LogP) is 5.24. The van der Waals surface area contributed by atoms with Crippen molar-refractivity contribution in [3.63, 3.8) is 0 Å². The predicted molar refractivity (Wildman–Crippen MR) is 74.9 cm³/mol. The van der Waals surface area contributed by atoms with E-state index in [1.54, 1.807) is 5.57 Å². The molecule has 0 amide bonds. The summed E-state index contributed by atoms with van der Waals surface area (Å²) in [6.45, 7) is 9.55. The molecule has 1 saturated carbocycles. The first-order valence-corrected chi connectivity index (χ1v) is 7.29. The van der Waals surface area contributed by atoms with Gasteiger partial charge in [0.25, 0.3) is 0 Å². The molecule has 2 rings (SSSR count). The van der Waals surface area contributed by atoms with Gasteiger partial charge in [0.05, 0.1) is 0 Å². The van der Waals surface area contributed by atoms with E-state index in [4.69, 9.17) is 0 Å². The van der Waals surface area contributed by atoms with E-state index < -0.39 is 0 Å². The zero-order chi connectivity index (χ0) is 12.0. The summed E-state index contributed by atoms with van der Waals surface area (Å²) in [5.41, 5.74) is 3.96. The van der Waals surface area contributed by atoms with Crippen molar-refractivity contribution in [1.82, 2.24) is 0 Å². The van der Waals surface area contributed by atoms with Crippen molar-refractivity contribution in [3.8, 4) is 0 Å². The Morgan fingerprint density at radius 2 is 1.88 bits per heavy atom. The molecule has 0 aromatic carbocycles. The van der Waals surface area contributed by atoms with E-state index in [1.807, 2.05) is 0 Å². The SMILES string of the molecule is CC1=CCC(C2(C)CCC(Br)C2(C)C)=CC1. The van der Waals surface area contributed by atoms with Crippen LogP contribution in [0.3, 0.4) is 0 Å². The largest absolute Gasteiger partial charge is 0.0885 e. The average Bonchev–Trinajstić information content (AvgIpc) is 2.44. The molecule has 0 nitrogen and oxygen atoms in total. The molecule has 0 heterocycles. The number of alkyl halides is 1. The summed E-state index contributed by atoms with van der Waals surface area (Å²) in [6, 6.07) is 0. The first kappa shape index (κ1) is 12.4. The Balaban J connectivity index is 2.27. The molecule has 0 N–H and O–H groups in total. The van der Waals surface area contributed by atoms with Gasteiger partial charge in [0.15, 0.2) is 0 Å². The molecule has 1 fully saturated rings. The first-order chi connectivity index (χ1) is 7.38. The molecule has 0 spiro atoms. The smallest absolute Gasteiger partial charge is 0.0205 e. The van der Waals surface area contributed by atoms with Gasteiger partial charge in [0.1, 0.15) is 0 Å². The van der Waals surface area contributed by atoms with Crippen LogP contribution < -0.4 is 0 Å². The molecule has 16 heavy (non-hydrogen) atoms. The molecule has 2 atom stereocenters. The van der Waals surface area contributed by atoms with E-state index in [0.717, 1.165) is 6.42 Å². The molecule has 0 saturated heterocycles. The van der Waals surface area contributed by atoms with E-state index in [0.29, 0.717) is 15.7 Å². The maximum Gasteiger partial charge on any atom is 0.0205 e. The van der Waals surface area contributed by atoms with Gasteiger partial charge in [-0.25, -0.2) is 0 Å². The Morgan fingerprint density at radius 1 is 1.19 bits per heavy atom. The van der Waals surface area contributed by atoms with Crippen molar-refractivity contribution in [2.24, 2.45) is 10.8 Å². The summed E-state index contributed by atoms with van der Waals surface area (Å²) < 4.78 is 0. The summed E-state index contributed by atoms with van der Waals surface area (Å²) in [6.07, 6.45) is 9.87. The molecule has 2 aliphatic carbocycles. The van der Waals surface area contributed by atoms with Gasteiger partial charge in [-0.05, 0) is 43.4 Å². The fraction of sp³-hybridized carbons (Fsp3) is 0.733. The van der Waals surface area contributed by atoms with Crippen LogP contribution >= 0.6 is 15.9 Å². The van der Waals surface area contributed by atoms with E-state index in [9.17, 15) is 0 Å². The minimum Gasteiger partial charge on any atom is -0.0885 e. The highest BCUT2D eigenvalue weighted by Crippen LogP contribution is 2.60. The molecule has 0 bridgehead atoms. The monoisotopic (exact) mass is 282 g/mol.